The summed E-state index contributed by atoms with van der Waals surface area (Å²) in [5, 5.41) is 3.09. The van der Waals surface area contributed by atoms with E-state index in [1.54, 1.807) is 11.3 Å². The molecule has 0 N–H and O–H groups in total. The van der Waals surface area contributed by atoms with Gasteiger partial charge < -0.3 is 14.5 Å². The summed E-state index contributed by atoms with van der Waals surface area (Å²) in [6.07, 6.45) is 2.09. The summed E-state index contributed by atoms with van der Waals surface area (Å²) in [5.41, 5.74) is 0. The van der Waals surface area contributed by atoms with Crippen molar-refractivity contribution >= 4 is 22.4 Å². The molecule has 2 fully saturated rings. The Kier molecular flexibility index (Phi) is 5.18. The number of hydrogen-bond acceptors (Lipinski definition) is 6. The zero-order valence-electron chi connectivity index (χ0n) is 14.1. The molecule has 3 rings (SSSR count). The quantitative estimate of drug-likeness (QED) is 0.831. The number of nitrogens with zero attached hydrogens (tertiary/aromatic N) is 4. The van der Waals surface area contributed by atoms with Gasteiger partial charge in [-0.3, -0.25) is 9.69 Å². The van der Waals surface area contributed by atoms with Gasteiger partial charge in [0.15, 0.2) is 5.13 Å². The molecule has 6 nitrogen and oxygen atoms in total. The molecule has 7 heteroatoms. The summed E-state index contributed by atoms with van der Waals surface area (Å²) in [4.78, 5) is 23.7. The van der Waals surface area contributed by atoms with Crippen molar-refractivity contribution in [1.82, 2.24) is 14.8 Å². The molecule has 0 aromatic carbocycles. The van der Waals surface area contributed by atoms with Crippen LogP contribution < -0.4 is 4.90 Å². The molecule has 1 amide bonds. The molecule has 3 atom stereocenters. The molecule has 0 bridgehead atoms. The molecule has 2 aliphatic rings. The largest absolute Gasteiger partial charge is 0.372 e. The van der Waals surface area contributed by atoms with Crippen LogP contribution in [-0.2, 0) is 9.53 Å². The van der Waals surface area contributed by atoms with Crippen molar-refractivity contribution in [3.63, 3.8) is 0 Å². The first kappa shape index (κ1) is 16.7. The Morgan fingerprint density at radius 3 is 2.48 bits per heavy atom. The SMILES string of the molecule is C[C@@H]1CN(C(=O)[C@H](C)N2CCN(c3nccs3)CC2)C[C@H](C)O1. The van der Waals surface area contributed by atoms with Crippen LogP contribution in [0.2, 0.25) is 0 Å². The third-order valence-corrected chi connectivity index (χ3v) is 5.47. The van der Waals surface area contributed by atoms with E-state index in [2.05, 4.69) is 14.8 Å². The summed E-state index contributed by atoms with van der Waals surface area (Å²) >= 11 is 1.68. The van der Waals surface area contributed by atoms with Gasteiger partial charge in [0.1, 0.15) is 0 Å². The van der Waals surface area contributed by atoms with Gasteiger partial charge in [0, 0.05) is 50.8 Å². The fourth-order valence-corrected chi connectivity index (χ4v) is 4.15. The van der Waals surface area contributed by atoms with Gasteiger partial charge in [-0.05, 0) is 20.8 Å². The first-order chi connectivity index (χ1) is 11.0. The van der Waals surface area contributed by atoms with Crippen molar-refractivity contribution < 1.29 is 9.53 Å². The Hall–Kier alpha value is -1.18. The highest BCUT2D eigenvalue weighted by molar-refractivity contribution is 7.13. The van der Waals surface area contributed by atoms with Gasteiger partial charge in [0.2, 0.25) is 5.91 Å². The molecule has 2 saturated heterocycles. The maximum absolute atomic E-state index is 12.8. The first-order valence-corrected chi connectivity index (χ1v) is 9.25. The molecule has 23 heavy (non-hydrogen) atoms. The van der Waals surface area contributed by atoms with E-state index in [0.29, 0.717) is 13.1 Å². The second kappa shape index (κ2) is 7.15. The third-order valence-electron chi connectivity index (χ3n) is 4.64. The summed E-state index contributed by atoms with van der Waals surface area (Å²) in [5.74, 6) is 0.231. The van der Waals surface area contributed by atoms with E-state index in [0.717, 1.165) is 31.3 Å². The minimum Gasteiger partial charge on any atom is -0.372 e. The number of hydrogen-bond donors (Lipinski definition) is 0. The van der Waals surface area contributed by atoms with E-state index < -0.39 is 0 Å². The van der Waals surface area contributed by atoms with E-state index in [1.165, 1.54) is 0 Å². The molecule has 0 aliphatic carbocycles. The van der Waals surface area contributed by atoms with Crippen LogP contribution in [0.4, 0.5) is 5.13 Å². The van der Waals surface area contributed by atoms with Gasteiger partial charge in [-0.2, -0.15) is 0 Å². The predicted octanol–water partition coefficient (Wildman–Crippen LogP) is 1.29. The summed E-state index contributed by atoms with van der Waals surface area (Å²) < 4.78 is 5.73. The monoisotopic (exact) mass is 338 g/mol. The fraction of sp³-hybridized carbons (Fsp3) is 0.750. The number of thiazole rings is 1. The van der Waals surface area contributed by atoms with Crippen molar-refractivity contribution in [2.75, 3.05) is 44.2 Å². The van der Waals surface area contributed by atoms with Gasteiger partial charge >= 0.3 is 0 Å². The highest BCUT2D eigenvalue weighted by atomic mass is 32.1. The number of morpholine rings is 1. The Morgan fingerprint density at radius 1 is 1.26 bits per heavy atom. The molecule has 3 heterocycles. The van der Waals surface area contributed by atoms with Crippen LogP contribution in [0.25, 0.3) is 0 Å². The number of piperazine rings is 1. The fourth-order valence-electron chi connectivity index (χ4n) is 3.45. The van der Waals surface area contributed by atoms with Crippen LogP contribution in [0.5, 0.6) is 0 Å². The summed E-state index contributed by atoms with van der Waals surface area (Å²) in [6.45, 7) is 11.2. The van der Waals surface area contributed by atoms with Crippen molar-refractivity contribution in [2.24, 2.45) is 0 Å². The molecule has 1 aromatic heterocycles. The highest BCUT2D eigenvalue weighted by Gasteiger charge is 2.32. The summed E-state index contributed by atoms with van der Waals surface area (Å²) in [7, 11) is 0. The predicted molar refractivity (Wildman–Crippen MR) is 92.0 cm³/mol. The number of anilines is 1. The first-order valence-electron chi connectivity index (χ1n) is 8.37. The second-order valence-corrected chi connectivity index (χ2v) is 7.39. The molecule has 0 saturated carbocycles. The zero-order valence-corrected chi connectivity index (χ0v) is 15.0. The van der Waals surface area contributed by atoms with Crippen molar-refractivity contribution in [1.29, 1.82) is 0 Å². The molecular weight excluding hydrogens is 312 g/mol. The summed E-state index contributed by atoms with van der Waals surface area (Å²) in [6, 6.07) is -0.0639. The highest BCUT2D eigenvalue weighted by Crippen LogP contribution is 2.20. The standard InChI is InChI=1S/C16H26N4O2S/c1-12-10-20(11-13(2)22-12)15(21)14(3)18-5-7-19(8-6-18)16-17-4-9-23-16/h4,9,12-14H,5-8,10-11H2,1-3H3/t12-,13+,14-/m0/s1. The molecule has 2 aliphatic heterocycles. The van der Waals surface area contributed by atoms with E-state index in [9.17, 15) is 4.79 Å². The number of carbonyl (C=O) groups is 1. The van der Waals surface area contributed by atoms with Crippen molar-refractivity contribution in [2.45, 2.75) is 39.0 Å². The lowest BCUT2D eigenvalue weighted by molar-refractivity contribution is -0.148. The van der Waals surface area contributed by atoms with Crippen LogP contribution in [0, 0.1) is 0 Å². The Labute approximate surface area is 142 Å². The van der Waals surface area contributed by atoms with Crippen LogP contribution in [0.15, 0.2) is 11.6 Å². The normalized spacial score (nSPS) is 28.0. The lowest BCUT2D eigenvalue weighted by Gasteiger charge is -2.41. The minimum atomic E-state index is -0.0639. The maximum Gasteiger partial charge on any atom is 0.239 e. The Balaban J connectivity index is 1.54. The van der Waals surface area contributed by atoms with Crippen LogP contribution in [0.1, 0.15) is 20.8 Å². The van der Waals surface area contributed by atoms with E-state index in [1.807, 2.05) is 37.2 Å². The average Bonchev–Trinajstić information content (AvgIpc) is 3.07. The van der Waals surface area contributed by atoms with Gasteiger partial charge in [-0.1, -0.05) is 0 Å². The van der Waals surface area contributed by atoms with Crippen LogP contribution in [0.3, 0.4) is 0 Å². The molecule has 1 aromatic rings. The molecule has 128 valence electrons. The maximum atomic E-state index is 12.8. The third kappa shape index (κ3) is 3.84. The number of amides is 1. The lowest BCUT2D eigenvalue weighted by Crippen LogP contribution is -2.57. The van der Waals surface area contributed by atoms with Gasteiger partial charge in [-0.25, -0.2) is 4.98 Å². The van der Waals surface area contributed by atoms with Gasteiger partial charge in [0.25, 0.3) is 0 Å². The van der Waals surface area contributed by atoms with Gasteiger partial charge in [0.05, 0.1) is 18.2 Å². The van der Waals surface area contributed by atoms with E-state index in [4.69, 9.17) is 4.74 Å². The number of rotatable bonds is 3. The smallest absolute Gasteiger partial charge is 0.239 e. The molecule has 0 unspecified atom stereocenters. The van der Waals surface area contributed by atoms with Crippen molar-refractivity contribution in [3.8, 4) is 0 Å². The zero-order chi connectivity index (χ0) is 16.4. The number of aromatic nitrogens is 1. The number of ether oxygens (including phenoxy) is 1. The van der Waals surface area contributed by atoms with E-state index >= 15 is 0 Å². The topological polar surface area (TPSA) is 48.9 Å². The molecular formula is C16H26N4O2S. The molecule has 0 radical (unpaired) electrons. The molecule has 0 spiro atoms. The Bertz CT molecular complexity index is 506. The van der Waals surface area contributed by atoms with Crippen molar-refractivity contribution in [3.05, 3.63) is 11.6 Å². The van der Waals surface area contributed by atoms with Gasteiger partial charge in [-0.15, -0.1) is 11.3 Å². The van der Waals surface area contributed by atoms with E-state index in [-0.39, 0.29) is 24.2 Å². The Morgan fingerprint density at radius 2 is 1.91 bits per heavy atom. The number of carbonyl (C=O) groups excluding carboxylic acids is 1. The minimum absolute atomic E-state index is 0.0639. The lowest BCUT2D eigenvalue weighted by atomic mass is 10.1. The van der Waals surface area contributed by atoms with Crippen LogP contribution in [-0.4, -0.2) is 78.2 Å². The average molecular weight is 338 g/mol. The second-order valence-electron chi connectivity index (χ2n) is 6.51. The van der Waals surface area contributed by atoms with Crippen LogP contribution >= 0.6 is 11.3 Å².